The quantitative estimate of drug-likeness (QED) is 0.799. The Labute approximate surface area is 124 Å². The largest absolute Gasteiger partial charge is 0.464 e. The van der Waals surface area contributed by atoms with Gasteiger partial charge in [-0.05, 0) is 12.1 Å². The van der Waals surface area contributed by atoms with Crippen LogP contribution in [0.25, 0.3) is 0 Å². The smallest absolute Gasteiger partial charge is 0.417 e. The highest BCUT2D eigenvalue weighted by Crippen LogP contribution is 2.33. The summed E-state index contributed by atoms with van der Waals surface area (Å²) in [5.41, 5.74) is -2.01. The molecule has 1 aliphatic rings. The van der Waals surface area contributed by atoms with Gasteiger partial charge < -0.3 is 4.74 Å². The molecule has 1 aromatic rings. The summed E-state index contributed by atoms with van der Waals surface area (Å²) in [5, 5.41) is 9.14. The molecule has 0 fully saturated rings. The average Bonchev–Trinajstić information content (AvgIpc) is 2.47. The molecule has 110 valence electrons. The number of rotatable bonds is 3. The van der Waals surface area contributed by atoms with Gasteiger partial charge in [0.2, 0.25) is 5.88 Å². The predicted molar refractivity (Wildman–Crippen MR) is 70.7 cm³/mol. The summed E-state index contributed by atoms with van der Waals surface area (Å²) >= 11 is 5.90. The van der Waals surface area contributed by atoms with E-state index in [0.29, 0.717) is 6.20 Å². The highest BCUT2D eigenvalue weighted by Gasteiger charge is 2.39. The van der Waals surface area contributed by atoms with E-state index in [1.165, 1.54) is 0 Å². The Morgan fingerprint density at radius 2 is 2.14 bits per heavy atom. The van der Waals surface area contributed by atoms with E-state index in [2.05, 4.69) is 4.98 Å². The molecular weight excluding hydrogens is 305 g/mol. The van der Waals surface area contributed by atoms with Gasteiger partial charge >= 0.3 is 6.18 Å². The number of aromatic nitrogens is 1. The van der Waals surface area contributed by atoms with E-state index >= 15 is 0 Å². The van der Waals surface area contributed by atoms with Gasteiger partial charge in [0.1, 0.15) is 5.92 Å². The molecule has 0 spiro atoms. The number of nitrogens with zero attached hydrogens (tertiary/aromatic N) is 2. The van der Waals surface area contributed by atoms with E-state index in [0.717, 1.165) is 12.1 Å². The van der Waals surface area contributed by atoms with Crippen LogP contribution in [0.1, 0.15) is 5.56 Å². The van der Waals surface area contributed by atoms with Crippen molar-refractivity contribution in [3.8, 4) is 11.9 Å². The van der Waals surface area contributed by atoms with Crippen LogP contribution < -0.4 is 4.74 Å². The Morgan fingerprint density at radius 1 is 1.38 bits per heavy atom. The van der Waals surface area contributed by atoms with Crippen molar-refractivity contribution in [2.45, 2.75) is 11.8 Å². The number of hydrogen-bond acceptors (Lipinski definition) is 3. The Kier molecular flexibility index (Phi) is 4.24. The minimum absolute atomic E-state index is 0.0242. The second-order valence-corrected chi connectivity index (χ2v) is 4.69. The molecule has 0 amide bonds. The number of halogens is 4. The van der Waals surface area contributed by atoms with Crippen LogP contribution in [0.5, 0.6) is 5.88 Å². The van der Waals surface area contributed by atoms with Crippen molar-refractivity contribution in [2.24, 2.45) is 5.92 Å². The molecule has 7 heteroatoms. The molecule has 0 radical (unpaired) electrons. The Hall–Kier alpha value is -2.00. The first-order valence-corrected chi connectivity index (χ1v) is 6.48. The van der Waals surface area contributed by atoms with Gasteiger partial charge in [-0.3, -0.25) is 0 Å². The first-order valence-electron chi connectivity index (χ1n) is 5.95. The number of allylic oxidation sites excluding steroid dienone is 2. The maximum Gasteiger partial charge on any atom is 0.417 e. The van der Waals surface area contributed by atoms with Crippen molar-refractivity contribution in [3.05, 3.63) is 48.2 Å². The summed E-state index contributed by atoms with van der Waals surface area (Å²) in [7, 11) is 0. The summed E-state index contributed by atoms with van der Waals surface area (Å²) in [6.45, 7) is 0. The van der Waals surface area contributed by atoms with Crippen molar-refractivity contribution in [1.82, 2.24) is 4.98 Å². The summed E-state index contributed by atoms with van der Waals surface area (Å²) in [5.74, 6) is -0.706. The van der Waals surface area contributed by atoms with E-state index in [4.69, 9.17) is 21.6 Å². The second kappa shape index (κ2) is 5.78. The molecule has 1 heterocycles. The first-order chi connectivity index (χ1) is 9.91. The van der Waals surface area contributed by atoms with Crippen LogP contribution in [0.4, 0.5) is 13.2 Å². The van der Waals surface area contributed by atoms with Crippen LogP contribution in [-0.2, 0) is 6.18 Å². The van der Waals surface area contributed by atoms with Crippen molar-refractivity contribution in [2.75, 3.05) is 5.88 Å². The Balaban J connectivity index is 2.25. The zero-order chi connectivity index (χ0) is 15.5. The summed E-state index contributed by atoms with van der Waals surface area (Å²) in [4.78, 5) is 3.63. The molecule has 0 bridgehead atoms. The zero-order valence-corrected chi connectivity index (χ0v) is 11.4. The molecule has 21 heavy (non-hydrogen) atoms. The SMILES string of the molecule is N#CC1C=CC=CC1(CCl)Oc1ccc(C(F)(F)F)cn1. The summed E-state index contributed by atoms with van der Waals surface area (Å²) in [6, 6.07) is 4.02. The number of hydrogen-bond donors (Lipinski definition) is 0. The van der Waals surface area contributed by atoms with Crippen molar-refractivity contribution in [1.29, 1.82) is 5.26 Å². The van der Waals surface area contributed by atoms with Crippen LogP contribution in [0.3, 0.4) is 0 Å². The van der Waals surface area contributed by atoms with Crippen LogP contribution >= 0.6 is 11.6 Å². The van der Waals surface area contributed by atoms with Crippen molar-refractivity contribution >= 4 is 11.6 Å². The fourth-order valence-electron chi connectivity index (χ4n) is 1.87. The minimum Gasteiger partial charge on any atom is -0.464 e. The Morgan fingerprint density at radius 3 is 2.67 bits per heavy atom. The van der Waals surface area contributed by atoms with Crippen LogP contribution in [0.15, 0.2) is 42.6 Å². The molecule has 2 atom stereocenters. The van der Waals surface area contributed by atoms with Gasteiger partial charge in [0.05, 0.1) is 17.5 Å². The second-order valence-electron chi connectivity index (χ2n) is 4.42. The lowest BCUT2D eigenvalue weighted by atomic mass is 9.86. The maximum atomic E-state index is 12.5. The number of alkyl halides is 4. The Bertz CT molecular complexity index is 604. The molecule has 2 rings (SSSR count). The van der Waals surface area contributed by atoms with Gasteiger partial charge in [-0.1, -0.05) is 18.2 Å². The third-order valence-corrected chi connectivity index (χ3v) is 3.44. The lowest BCUT2D eigenvalue weighted by molar-refractivity contribution is -0.137. The standard InChI is InChI=1S/C14H10ClF3N2O/c15-9-13(6-2-1-3-10(13)7-19)21-12-5-4-11(8-20-12)14(16,17)18/h1-6,8,10H,9H2. The number of nitriles is 1. The molecule has 0 saturated carbocycles. The van der Waals surface area contributed by atoms with Gasteiger partial charge in [-0.2, -0.15) is 18.4 Å². The van der Waals surface area contributed by atoms with Crippen molar-refractivity contribution in [3.63, 3.8) is 0 Å². The van der Waals surface area contributed by atoms with E-state index in [9.17, 15) is 13.2 Å². The molecular formula is C14H10ClF3N2O. The van der Waals surface area contributed by atoms with Gasteiger partial charge in [-0.15, -0.1) is 11.6 Å². The third-order valence-electron chi connectivity index (χ3n) is 3.03. The van der Waals surface area contributed by atoms with Crippen LogP contribution in [0, 0.1) is 17.2 Å². The number of ether oxygens (including phenoxy) is 1. The predicted octanol–water partition coefficient (Wildman–Crippen LogP) is 3.72. The molecule has 0 N–H and O–H groups in total. The molecule has 1 aromatic heterocycles. The number of pyridine rings is 1. The first kappa shape index (κ1) is 15.4. The lowest BCUT2D eigenvalue weighted by Gasteiger charge is -2.33. The molecule has 1 aliphatic carbocycles. The molecule has 0 saturated heterocycles. The van der Waals surface area contributed by atoms with E-state index < -0.39 is 23.3 Å². The zero-order valence-electron chi connectivity index (χ0n) is 10.6. The normalized spacial score (nSPS) is 24.6. The average molecular weight is 315 g/mol. The monoisotopic (exact) mass is 314 g/mol. The maximum absolute atomic E-state index is 12.5. The molecule has 3 nitrogen and oxygen atoms in total. The summed E-state index contributed by atoms with van der Waals surface area (Å²) < 4.78 is 43.0. The molecule has 0 aliphatic heterocycles. The fraction of sp³-hybridized carbons (Fsp3) is 0.286. The van der Waals surface area contributed by atoms with Crippen LogP contribution in [0.2, 0.25) is 0 Å². The highest BCUT2D eigenvalue weighted by molar-refractivity contribution is 6.18. The van der Waals surface area contributed by atoms with Crippen molar-refractivity contribution < 1.29 is 17.9 Å². The topological polar surface area (TPSA) is 45.9 Å². The molecule has 0 aromatic carbocycles. The summed E-state index contributed by atoms with van der Waals surface area (Å²) in [6.07, 6.45) is 2.79. The van der Waals surface area contributed by atoms with Crippen LogP contribution in [-0.4, -0.2) is 16.5 Å². The van der Waals surface area contributed by atoms with Gasteiger partial charge in [-0.25, -0.2) is 4.98 Å². The van der Waals surface area contributed by atoms with Gasteiger partial charge in [0, 0.05) is 12.3 Å². The van der Waals surface area contributed by atoms with Gasteiger partial charge in [0.15, 0.2) is 5.60 Å². The lowest BCUT2D eigenvalue weighted by Crippen LogP contribution is -2.44. The molecule has 2 unspecified atom stereocenters. The van der Waals surface area contributed by atoms with Gasteiger partial charge in [0.25, 0.3) is 0 Å². The third kappa shape index (κ3) is 3.19. The van der Waals surface area contributed by atoms with E-state index in [-0.39, 0.29) is 11.8 Å². The fourth-order valence-corrected chi connectivity index (χ4v) is 2.18. The van der Waals surface area contributed by atoms with E-state index in [1.54, 1.807) is 24.3 Å². The minimum atomic E-state index is -4.46. The van der Waals surface area contributed by atoms with E-state index in [1.807, 2.05) is 6.07 Å². The highest BCUT2D eigenvalue weighted by atomic mass is 35.5.